The summed E-state index contributed by atoms with van der Waals surface area (Å²) in [5.41, 5.74) is 0. The number of likely N-dealkylation sites (tertiary alicyclic amines) is 1. The van der Waals surface area contributed by atoms with Crippen LogP contribution in [0.5, 0.6) is 5.75 Å². The molecule has 0 unspecified atom stereocenters. The molecular formula is C23H29BrN2O3. The van der Waals surface area contributed by atoms with Gasteiger partial charge in [0.1, 0.15) is 5.75 Å². The fraction of sp³-hybridized carbons (Fsp3) is 0.478. The summed E-state index contributed by atoms with van der Waals surface area (Å²) in [6, 6.07) is 11.9. The van der Waals surface area contributed by atoms with Crippen molar-refractivity contribution in [1.82, 2.24) is 10.2 Å². The number of unbranched alkanes of at least 4 members (excludes halogenated alkanes) is 2. The molecule has 1 fully saturated rings. The van der Waals surface area contributed by atoms with E-state index in [1.807, 2.05) is 36.4 Å². The van der Waals surface area contributed by atoms with Gasteiger partial charge in [0, 0.05) is 25.6 Å². The third kappa shape index (κ3) is 5.72. The average Bonchev–Trinajstić information content (AvgIpc) is 2.76. The van der Waals surface area contributed by atoms with Gasteiger partial charge in [-0.15, -0.1) is 0 Å². The highest BCUT2D eigenvalue weighted by Gasteiger charge is 2.27. The minimum Gasteiger partial charge on any atom is -0.483 e. The second-order valence-corrected chi connectivity index (χ2v) is 8.33. The first-order valence-corrected chi connectivity index (χ1v) is 11.2. The van der Waals surface area contributed by atoms with Crippen LogP contribution in [0.3, 0.4) is 0 Å². The molecule has 2 aromatic rings. The maximum atomic E-state index is 12.6. The van der Waals surface area contributed by atoms with Crippen molar-refractivity contribution in [3.63, 3.8) is 0 Å². The zero-order valence-electron chi connectivity index (χ0n) is 17.0. The largest absolute Gasteiger partial charge is 0.483 e. The van der Waals surface area contributed by atoms with Gasteiger partial charge in [0.05, 0.1) is 4.47 Å². The van der Waals surface area contributed by atoms with E-state index in [9.17, 15) is 9.59 Å². The molecule has 1 aliphatic rings. The number of benzene rings is 2. The van der Waals surface area contributed by atoms with Crippen LogP contribution >= 0.6 is 15.9 Å². The Kier molecular flexibility index (Phi) is 7.92. The molecule has 3 rings (SSSR count). The fourth-order valence-corrected chi connectivity index (χ4v) is 4.29. The Hall–Kier alpha value is -2.08. The topological polar surface area (TPSA) is 58.6 Å². The summed E-state index contributed by atoms with van der Waals surface area (Å²) in [5, 5.41) is 5.20. The number of carbonyl (C=O) groups is 2. The van der Waals surface area contributed by atoms with E-state index in [1.54, 1.807) is 4.90 Å². The highest BCUT2D eigenvalue weighted by atomic mass is 79.9. The molecule has 0 atom stereocenters. The first-order valence-electron chi connectivity index (χ1n) is 10.5. The number of fused-ring (bicyclic) bond motifs is 1. The molecule has 1 heterocycles. The molecule has 0 spiro atoms. The van der Waals surface area contributed by atoms with Gasteiger partial charge in [-0.25, -0.2) is 0 Å². The number of rotatable bonds is 8. The van der Waals surface area contributed by atoms with Gasteiger partial charge in [-0.1, -0.05) is 50.1 Å². The van der Waals surface area contributed by atoms with Crippen molar-refractivity contribution in [3.8, 4) is 5.75 Å². The van der Waals surface area contributed by atoms with E-state index in [2.05, 4.69) is 28.2 Å². The minimum absolute atomic E-state index is 0.00478. The number of piperidine rings is 1. The summed E-state index contributed by atoms with van der Waals surface area (Å²) in [6.45, 7) is 4.12. The molecule has 2 amide bonds. The van der Waals surface area contributed by atoms with Crippen molar-refractivity contribution in [1.29, 1.82) is 0 Å². The van der Waals surface area contributed by atoms with Gasteiger partial charge in [-0.2, -0.15) is 0 Å². The Morgan fingerprint density at radius 3 is 2.66 bits per heavy atom. The smallest absolute Gasteiger partial charge is 0.260 e. The summed E-state index contributed by atoms with van der Waals surface area (Å²) in [7, 11) is 0. The van der Waals surface area contributed by atoms with Gasteiger partial charge < -0.3 is 15.0 Å². The molecule has 1 aliphatic heterocycles. The normalized spacial score (nSPS) is 14.8. The Bertz CT molecular complexity index is 847. The molecule has 0 bridgehead atoms. The zero-order valence-corrected chi connectivity index (χ0v) is 18.5. The number of hydrogen-bond acceptors (Lipinski definition) is 3. The number of nitrogens with one attached hydrogen (secondary N) is 1. The Labute approximate surface area is 180 Å². The van der Waals surface area contributed by atoms with E-state index in [4.69, 9.17) is 4.74 Å². The first kappa shape index (κ1) is 21.6. The summed E-state index contributed by atoms with van der Waals surface area (Å²) in [5.74, 6) is 0.769. The lowest BCUT2D eigenvalue weighted by Crippen LogP contribution is -2.44. The van der Waals surface area contributed by atoms with Crippen molar-refractivity contribution in [2.75, 3.05) is 26.2 Å². The van der Waals surface area contributed by atoms with Gasteiger partial charge in [-0.05, 0) is 52.0 Å². The standard InChI is InChI=1S/C23H29BrN2O3/c1-2-3-6-13-25-23(28)18-11-14-26(15-12-18)21(27)16-29-20-10-9-17-7-4-5-8-19(17)22(20)24/h4-5,7-10,18H,2-3,6,11-16H2,1H3,(H,25,28). The van der Waals surface area contributed by atoms with Crippen LogP contribution in [0.2, 0.25) is 0 Å². The molecule has 2 aromatic carbocycles. The first-order chi connectivity index (χ1) is 14.1. The predicted molar refractivity (Wildman–Crippen MR) is 119 cm³/mol. The van der Waals surface area contributed by atoms with Gasteiger partial charge in [-0.3, -0.25) is 9.59 Å². The molecule has 0 saturated carbocycles. The summed E-state index contributed by atoms with van der Waals surface area (Å²) < 4.78 is 6.66. The second kappa shape index (κ2) is 10.6. The SMILES string of the molecule is CCCCCNC(=O)C1CCN(C(=O)COc2ccc3ccccc3c2Br)CC1. The third-order valence-electron chi connectivity index (χ3n) is 5.48. The molecular weight excluding hydrogens is 432 g/mol. The van der Waals surface area contributed by atoms with Crippen molar-refractivity contribution in [2.24, 2.45) is 5.92 Å². The van der Waals surface area contributed by atoms with Crippen LogP contribution in [0, 0.1) is 5.92 Å². The molecule has 29 heavy (non-hydrogen) atoms. The zero-order chi connectivity index (χ0) is 20.6. The number of carbonyl (C=O) groups excluding carboxylic acids is 2. The highest BCUT2D eigenvalue weighted by Crippen LogP contribution is 2.33. The number of ether oxygens (including phenoxy) is 1. The van der Waals surface area contributed by atoms with Crippen LogP contribution in [0.1, 0.15) is 39.0 Å². The summed E-state index contributed by atoms with van der Waals surface area (Å²) >= 11 is 3.59. The number of hydrogen-bond donors (Lipinski definition) is 1. The second-order valence-electron chi connectivity index (χ2n) is 7.54. The van der Waals surface area contributed by atoms with Crippen LogP contribution in [-0.2, 0) is 9.59 Å². The summed E-state index contributed by atoms with van der Waals surface area (Å²) in [6.07, 6.45) is 4.74. The van der Waals surface area contributed by atoms with Crippen LogP contribution in [0.4, 0.5) is 0 Å². The lowest BCUT2D eigenvalue weighted by atomic mass is 9.96. The van der Waals surface area contributed by atoms with E-state index in [0.29, 0.717) is 31.7 Å². The molecule has 6 heteroatoms. The Morgan fingerprint density at radius 1 is 1.14 bits per heavy atom. The number of amides is 2. The van der Waals surface area contributed by atoms with Crippen molar-refractivity contribution >= 4 is 38.5 Å². The average molecular weight is 461 g/mol. The van der Waals surface area contributed by atoms with Crippen LogP contribution < -0.4 is 10.1 Å². The monoisotopic (exact) mass is 460 g/mol. The molecule has 1 saturated heterocycles. The van der Waals surface area contributed by atoms with Crippen LogP contribution in [-0.4, -0.2) is 43.0 Å². The van der Waals surface area contributed by atoms with E-state index >= 15 is 0 Å². The van der Waals surface area contributed by atoms with E-state index in [0.717, 1.165) is 41.1 Å². The van der Waals surface area contributed by atoms with E-state index < -0.39 is 0 Å². The molecule has 1 N–H and O–H groups in total. The number of halogens is 1. The lowest BCUT2D eigenvalue weighted by molar-refractivity contribution is -0.137. The fourth-order valence-electron chi connectivity index (χ4n) is 3.68. The molecule has 0 aliphatic carbocycles. The molecule has 156 valence electrons. The molecule has 0 aromatic heterocycles. The molecule has 5 nitrogen and oxygen atoms in total. The van der Waals surface area contributed by atoms with Gasteiger partial charge in [0.25, 0.3) is 5.91 Å². The third-order valence-corrected chi connectivity index (χ3v) is 6.29. The highest BCUT2D eigenvalue weighted by molar-refractivity contribution is 9.10. The van der Waals surface area contributed by atoms with Gasteiger partial charge >= 0.3 is 0 Å². The van der Waals surface area contributed by atoms with Crippen molar-refractivity contribution in [2.45, 2.75) is 39.0 Å². The predicted octanol–water partition coefficient (Wildman–Crippen LogP) is 4.53. The maximum absolute atomic E-state index is 12.6. The summed E-state index contributed by atoms with van der Waals surface area (Å²) in [4.78, 5) is 26.6. The van der Waals surface area contributed by atoms with E-state index in [1.165, 1.54) is 0 Å². The molecule has 0 radical (unpaired) electrons. The van der Waals surface area contributed by atoms with Crippen molar-refractivity contribution in [3.05, 3.63) is 40.9 Å². The lowest BCUT2D eigenvalue weighted by Gasteiger charge is -2.31. The Balaban J connectivity index is 1.45. The number of nitrogens with zero attached hydrogens (tertiary/aromatic N) is 1. The Morgan fingerprint density at radius 2 is 1.90 bits per heavy atom. The quantitative estimate of drug-likeness (QED) is 0.588. The van der Waals surface area contributed by atoms with Gasteiger partial charge in [0.15, 0.2) is 6.61 Å². The van der Waals surface area contributed by atoms with Gasteiger partial charge in [0.2, 0.25) is 5.91 Å². The van der Waals surface area contributed by atoms with Crippen molar-refractivity contribution < 1.29 is 14.3 Å². The minimum atomic E-state index is -0.0353. The van der Waals surface area contributed by atoms with Crippen LogP contribution in [0.25, 0.3) is 10.8 Å². The maximum Gasteiger partial charge on any atom is 0.260 e. The van der Waals surface area contributed by atoms with Crippen LogP contribution in [0.15, 0.2) is 40.9 Å². The van der Waals surface area contributed by atoms with E-state index in [-0.39, 0.29) is 24.3 Å².